The second-order valence-electron chi connectivity index (χ2n) is 7.46. The molecule has 1 amide bonds. The number of benzene rings is 2. The molecule has 4 aromatic rings. The molecule has 0 radical (unpaired) electrons. The van der Waals surface area contributed by atoms with E-state index in [4.69, 9.17) is 4.98 Å². The first kappa shape index (κ1) is 21.5. The molecule has 0 fully saturated rings. The van der Waals surface area contributed by atoms with Crippen molar-refractivity contribution < 1.29 is 4.79 Å². The van der Waals surface area contributed by atoms with Crippen molar-refractivity contribution in [3.05, 3.63) is 83.7 Å². The number of fused-ring (bicyclic) bond motifs is 1. The first-order chi connectivity index (χ1) is 15.1. The number of hydrogen-bond acceptors (Lipinski definition) is 5. The SMILES string of the molecule is Cc1ccc2sc(N(Cc3cccnc3)C(=O)CCCSc3ccccc3)nc2c1C. The molecule has 0 aliphatic heterocycles. The van der Waals surface area contributed by atoms with Gasteiger partial charge in [0.25, 0.3) is 0 Å². The van der Waals surface area contributed by atoms with Crippen molar-refractivity contribution in [1.82, 2.24) is 9.97 Å². The van der Waals surface area contributed by atoms with Gasteiger partial charge in [-0.1, -0.05) is 41.7 Å². The van der Waals surface area contributed by atoms with Gasteiger partial charge in [0.2, 0.25) is 5.91 Å². The van der Waals surface area contributed by atoms with Crippen molar-refractivity contribution >= 4 is 44.4 Å². The van der Waals surface area contributed by atoms with E-state index in [1.165, 1.54) is 16.0 Å². The molecule has 0 saturated heterocycles. The third kappa shape index (κ3) is 5.32. The van der Waals surface area contributed by atoms with Crippen LogP contribution < -0.4 is 4.90 Å². The van der Waals surface area contributed by atoms with Gasteiger partial charge in [0.05, 0.1) is 16.8 Å². The third-order valence-electron chi connectivity index (χ3n) is 5.22. The number of aryl methyl sites for hydroxylation is 2. The summed E-state index contributed by atoms with van der Waals surface area (Å²) in [5, 5.41) is 0.758. The summed E-state index contributed by atoms with van der Waals surface area (Å²) in [7, 11) is 0. The topological polar surface area (TPSA) is 46.1 Å². The highest BCUT2D eigenvalue weighted by molar-refractivity contribution is 7.99. The van der Waals surface area contributed by atoms with E-state index in [-0.39, 0.29) is 5.91 Å². The predicted octanol–water partition coefficient (Wildman–Crippen LogP) is 6.41. The number of thioether (sulfide) groups is 1. The van der Waals surface area contributed by atoms with Gasteiger partial charge in [-0.05, 0) is 67.0 Å². The van der Waals surface area contributed by atoms with Crippen molar-refractivity contribution in [2.45, 2.75) is 38.1 Å². The summed E-state index contributed by atoms with van der Waals surface area (Å²) in [6.45, 7) is 4.67. The molecule has 2 aromatic carbocycles. The fraction of sp³-hybridized carbons (Fsp3) is 0.240. The number of thiazole rings is 1. The molecular weight excluding hydrogens is 422 g/mol. The van der Waals surface area contributed by atoms with Crippen LogP contribution in [-0.4, -0.2) is 21.6 Å². The standard InChI is InChI=1S/C25H25N3OS2/c1-18-12-13-22-24(19(18)2)27-25(31-22)28(17-20-8-6-14-26-16-20)23(29)11-7-15-30-21-9-4-3-5-10-21/h3-6,8-10,12-14,16H,7,11,15,17H2,1-2H3. The summed E-state index contributed by atoms with van der Waals surface area (Å²) in [6.07, 6.45) is 4.88. The monoisotopic (exact) mass is 447 g/mol. The average molecular weight is 448 g/mol. The first-order valence-electron chi connectivity index (χ1n) is 10.4. The van der Waals surface area contributed by atoms with Crippen LogP contribution in [0.4, 0.5) is 5.13 Å². The van der Waals surface area contributed by atoms with Crippen LogP contribution in [0.2, 0.25) is 0 Å². The molecule has 4 nitrogen and oxygen atoms in total. The van der Waals surface area contributed by atoms with Gasteiger partial charge >= 0.3 is 0 Å². The number of carbonyl (C=O) groups is 1. The first-order valence-corrected chi connectivity index (χ1v) is 12.2. The summed E-state index contributed by atoms with van der Waals surface area (Å²) in [5.41, 5.74) is 4.38. The summed E-state index contributed by atoms with van der Waals surface area (Å²) < 4.78 is 1.11. The molecule has 0 bridgehead atoms. The summed E-state index contributed by atoms with van der Waals surface area (Å²) in [6, 6.07) is 18.4. The van der Waals surface area contributed by atoms with Crippen LogP contribution in [0.15, 0.2) is 71.9 Å². The second-order valence-corrected chi connectivity index (χ2v) is 9.63. The van der Waals surface area contributed by atoms with Gasteiger partial charge < -0.3 is 0 Å². The molecule has 0 N–H and O–H groups in total. The number of anilines is 1. The minimum absolute atomic E-state index is 0.103. The molecule has 0 atom stereocenters. The lowest BCUT2D eigenvalue weighted by atomic mass is 10.1. The minimum atomic E-state index is 0.103. The van der Waals surface area contributed by atoms with E-state index in [1.807, 2.05) is 41.4 Å². The Balaban J connectivity index is 1.51. The smallest absolute Gasteiger partial charge is 0.229 e. The minimum Gasteiger partial charge on any atom is -0.284 e. The number of pyridine rings is 1. The van der Waals surface area contributed by atoms with Gasteiger partial charge in [0, 0.05) is 23.7 Å². The summed E-state index contributed by atoms with van der Waals surface area (Å²) >= 11 is 3.37. The van der Waals surface area contributed by atoms with Gasteiger partial charge in [0.15, 0.2) is 5.13 Å². The van der Waals surface area contributed by atoms with Crippen LogP contribution in [0.5, 0.6) is 0 Å². The number of hydrogen-bond donors (Lipinski definition) is 0. The normalized spacial score (nSPS) is 11.0. The Kier molecular flexibility index (Phi) is 6.99. The number of amides is 1. The molecular formula is C25H25N3OS2. The predicted molar refractivity (Wildman–Crippen MR) is 131 cm³/mol. The molecule has 0 aliphatic rings. The van der Waals surface area contributed by atoms with Gasteiger partial charge in [-0.2, -0.15) is 0 Å². The molecule has 0 spiro atoms. The quantitative estimate of drug-likeness (QED) is 0.231. The fourth-order valence-electron chi connectivity index (χ4n) is 3.33. The Hall–Kier alpha value is -2.70. The van der Waals surface area contributed by atoms with Crippen LogP contribution >= 0.6 is 23.1 Å². The van der Waals surface area contributed by atoms with E-state index in [0.717, 1.165) is 33.1 Å². The molecule has 2 aromatic heterocycles. The maximum atomic E-state index is 13.3. The number of nitrogens with zero attached hydrogens (tertiary/aromatic N) is 3. The molecule has 31 heavy (non-hydrogen) atoms. The van der Waals surface area contributed by atoms with Gasteiger partial charge in [-0.3, -0.25) is 14.7 Å². The fourth-order valence-corrected chi connectivity index (χ4v) is 5.25. The molecule has 2 heterocycles. The number of aromatic nitrogens is 2. The zero-order valence-corrected chi connectivity index (χ0v) is 19.4. The third-order valence-corrected chi connectivity index (χ3v) is 7.36. The highest BCUT2D eigenvalue weighted by Gasteiger charge is 2.21. The van der Waals surface area contributed by atoms with Gasteiger partial charge in [-0.25, -0.2) is 4.98 Å². The Labute approximate surface area is 191 Å². The number of carbonyl (C=O) groups excluding carboxylic acids is 1. The molecule has 0 aliphatic carbocycles. The Bertz CT molecular complexity index is 1160. The Morgan fingerprint density at radius 1 is 1.06 bits per heavy atom. The van der Waals surface area contributed by atoms with Crippen molar-refractivity contribution in [2.24, 2.45) is 0 Å². The maximum absolute atomic E-state index is 13.3. The summed E-state index contributed by atoms with van der Waals surface area (Å²) in [5.74, 6) is 1.01. The van der Waals surface area contributed by atoms with Crippen LogP contribution in [0, 0.1) is 13.8 Å². The van der Waals surface area contributed by atoms with E-state index in [2.05, 4.69) is 43.1 Å². The highest BCUT2D eigenvalue weighted by atomic mass is 32.2. The van der Waals surface area contributed by atoms with Crippen LogP contribution in [0.1, 0.15) is 29.5 Å². The molecule has 4 rings (SSSR count). The van der Waals surface area contributed by atoms with Gasteiger partial charge in [0.1, 0.15) is 0 Å². The van der Waals surface area contributed by atoms with Crippen molar-refractivity contribution in [1.29, 1.82) is 0 Å². The van der Waals surface area contributed by atoms with E-state index < -0.39 is 0 Å². The Morgan fingerprint density at radius 3 is 2.68 bits per heavy atom. The maximum Gasteiger partial charge on any atom is 0.229 e. The van der Waals surface area contributed by atoms with Gasteiger partial charge in [-0.15, -0.1) is 11.8 Å². The lowest BCUT2D eigenvalue weighted by Crippen LogP contribution is -2.30. The van der Waals surface area contributed by atoms with Crippen LogP contribution in [0.25, 0.3) is 10.2 Å². The van der Waals surface area contributed by atoms with E-state index in [9.17, 15) is 4.79 Å². The number of rotatable bonds is 8. The van der Waals surface area contributed by atoms with E-state index in [0.29, 0.717) is 13.0 Å². The lowest BCUT2D eigenvalue weighted by molar-refractivity contribution is -0.118. The summed E-state index contributed by atoms with van der Waals surface area (Å²) in [4.78, 5) is 25.4. The zero-order valence-electron chi connectivity index (χ0n) is 17.7. The van der Waals surface area contributed by atoms with E-state index in [1.54, 1.807) is 29.3 Å². The second kappa shape index (κ2) is 10.1. The zero-order chi connectivity index (χ0) is 21.6. The molecule has 6 heteroatoms. The van der Waals surface area contributed by atoms with E-state index >= 15 is 0 Å². The molecule has 0 saturated carbocycles. The largest absolute Gasteiger partial charge is 0.284 e. The van der Waals surface area contributed by atoms with Crippen molar-refractivity contribution in [3.63, 3.8) is 0 Å². The molecule has 158 valence electrons. The molecule has 0 unspecified atom stereocenters. The highest BCUT2D eigenvalue weighted by Crippen LogP contribution is 2.33. The average Bonchev–Trinajstić information content (AvgIpc) is 3.23. The Morgan fingerprint density at radius 2 is 1.90 bits per heavy atom. The lowest BCUT2D eigenvalue weighted by Gasteiger charge is -2.20. The van der Waals surface area contributed by atoms with Crippen LogP contribution in [0.3, 0.4) is 0 Å². The van der Waals surface area contributed by atoms with Crippen LogP contribution in [-0.2, 0) is 11.3 Å². The van der Waals surface area contributed by atoms with Crippen molar-refractivity contribution in [3.8, 4) is 0 Å². The van der Waals surface area contributed by atoms with Crippen molar-refractivity contribution in [2.75, 3.05) is 10.7 Å².